The van der Waals surface area contributed by atoms with Crippen molar-refractivity contribution in [1.82, 2.24) is 4.90 Å². The van der Waals surface area contributed by atoms with Gasteiger partial charge in [0.25, 0.3) is 0 Å². The SMILES string of the molecule is CCN(CC)C(=O)Oc1ccc2c(c1)O/C(=C/C=C/c1ccccc1)C2=O. The van der Waals surface area contributed by atoms with Gasteiger partial charge in [-0.15, -0.1) is 0 Å². The van der Waals surface area contributed by atoms with Crippen molar-refractivity contribution in [3.05, 3.63) is 77.6 Å². The Kier molecular flexibility index (Phi) is 5.71. The van der Waals surface area contributed by atoms with E-state index in [2.05, 4.69) is 0 Å². The smallest absolute Gasteiger partial charge is 0.415 e. The number of hydrogen-bond donors (Lipinski definition) is 0. The van der Waals surface area contributed by atoms with Gasteiger partial charge in [0.15, 0.2) is 5.76 Å². The Labute approximate surface area is 158 Å². The lowest BCUT2D eigenvalue weighted by Gasteiger charge is -2.17. The quantitative estimate of drug-likeness (QED) is 0.723. The maximum absolute atomic E-state index is 12.4. The third-order valence-electron chi connectivity index (χ3n) is 4.20. The van der Waals surface area contributed by atoms with Crippen molar-refractivity contribution in [2.45, 2.75) is 13.8 Å². The number of rotatable bonds is 5. The van der Waals surface area contributed by atoms with E-state index in [0.29, 0.717) is 30.2 Å². The molecule has 0 unspecified atom stereocenters. The van der Waals surface area contributed by atoms with Gasteiger partial charge in [0.1, 0.15) is 11.5 Å². The average Bonchev–Trinajstić information content (AvgIpc) is 2.99. The Bertz CT molecular complexity index is 896. The normalized spacial score (nSPS) is 14.3. The number of benzene rings is 2. The zero-order valence-electron chi connectivity index (χ0n) is 15.3. The second-order valence-corrected chi connectivity index (χ2v) is 5.93. The molecule has 0 aliphatic carbocycles. The van der Waals surface area contributed by atoms with Crippen LogP contribution in [0.5, 0.6) is 11.5 Å². The second-order valence-electron chi connectivity index (χ2n) is 5.93. The molecule has 0 atom stereocenters. The van der Waals surface area contributed by atoms with Crippen LogP contribution in [0.25, 0.3) is 6.08 Å². The zero-order chi connectivity index (χ0) is 19.2. The summed E-state index contributed by atoms with van der Waals surface area (Å²) in [6.07, 6.45) is 4.88. The summed E-state index contributed by atoms with van der Waals surface area (Å²) < 4.78 is 11.0. The second kappa shape index (κ2) is 8.36. The molecular weight excluding hydrogens is 342 g/mol. The van der Waals surface area contributed by atoms with Crippen molar-refractivity contribution < 1.29 is 19.1 Å². The van der Waals surface area contributed by atoms with Gasteiger partial charge in [-0.1, -0.05) is 42.5 Å². The summed E-state index contributed by atoms with van der Waals surface area (Å²) in [5, 5.41) is 0. The molecule has 1 aliphatic rings. The van der Waals surface area contributed by atoms with Crippen molar-refractivity contribution in [2.75, 3.05) is 13.1 Å². The van der Waals surface area contributed by atoms with Crippen LogP contribution < -0.4 is 9.47 Å². The fourth-order valence-electron chi connectivity index (χ4n) is 2.70. The molecule has 0 N–H and O–H groups in total. The Balaban J connectivity index is 1.72. The summed E-state index contributed by atoms with van der Waals surface area (Å²) in [6.45, 7) is 4.90. The minimum absolute atomic E-state index is 0.190. The van der Waals surface area contributed by atoms with Gasteiger partial charge in [0, 0.05) is 19.2 Å². The summed E-state index contributed by atoms with van der Waals surface area (Å²) in [7, 11) is 0. The number of hydrogen-bond acceptors (Lipinski definition) is 4. The van der Waals surface area contributed by atoms with Crippen LogP contribution >= 0.6 is 0 Å². The zero-order valence-corrected chi connectivity index (χ0v) is 15.3. The van der Waals surface area contributed by atoms with E-state index < -0.39 is 6.09 Å². The number of allylic oxidation sites excluding steroid dienone is 3. The lowest BCUT2D eigenvalue weighted by molar-refractivity contribution is 0.101. The molecule has 1 aliphatic heterocycles. The number of fused-ring (bicyclic) bond motifs is 1. The molecule has 0 radical (unpaired) electrons. The van der Waals surface area contributed by atoms with Crippen LogP contribution in [0.15, 0.2) is 66.4 Å². The molecule has 0 fully saturated rings. The van der Waals surface area contributed by atoms with Crippen LogP contribution in [0.1, 0.15) is 29.8 Å². The number of ether oxygens (including phenoxy) is 2. The van der Waals surface area contributed by atoms with E-state index in [0.717, 1.165) is 5.56 Å². The van der Waals surface area contributed by atoms with Gasteiger partial charge in [0.05, 0.1) is 5.56 Å². The van der Waals surface area contributed by atoms with E-state index in [1.807, 2.05) is 50.3 Å². The Morgan fingerprint density at radius 3 is 2.56 bits per heavy atom. The first-order chi connectivity index (χ1) is 13.1. The van der Waals surface area contributed by atoms with Gasteiger partial charge >= 0.3 is 6.09 Å². The van der Waals surface area contributed by atoms with E-state index in [1.165, 1.54) is 0 Å². The highest BCUT2D eigenvalue weighted by Gasteiger charge is 2.27. The third kappa shape index (κ3) is 4.26. The van der Waals surface area contributed by atoms with Crippen LogP contribution in [0.4, 0.5) is 4.79 Å². The minimum atomic E-state index is -0.425. The number of carbonyl (C=O) groups excluding carboxylic acids is 2. The number of nitrogens with zero attached hydrogens (tertiary/aromatic N) is 1. The first-order valence-electron chi connectivity index (χ1n) is 8.89. The van der Waals surface area contributed by atoms with Gasteiger partial charge in [-0.25, -0.2) is 4.79 Å². The third-order valence-corrected chi connectivity index (χ3v) is 4.20. The highest BCUT2D eigenvalue weighted by atomic mass is 16.6. The highest BCUT2D eigenvalue weighted by Crippen LogP contribution is 2.34. The summed E-state index contributed by atoms with van der Waals surface area (Å²) in [5.41, 5.74) is 1.49. The molecule has 5 nitrogen and oxygen atoms in total. The molecule has 0 aromatic heterocycles. The highest BCUT2D eigenvalue weighted by molar-refractivity contribution is 6.12. The van der Waals surface area contributed by atoms with Gasteiger partial charge in [-0.3, -0.25) is 4.79 Å². The maximum atomic E-state index is 12.4. The first-order valence-corrected chi connectivity index (χ1v) is 8.89. The van der Waals surface area contributed by atoms with Crippen molar-refractivity contribution in [3.63, 3.8) is 0 Å². The number of carbonyl (C=O) groups is 2. The fraction of sp³-hybridized carbons (Fsp3) is 0.182. The van der Waals surface area contributed by atoms with E-state index in [1.54, 1.807) is 35.3 Å². The fourth-order valence-corrected chi connectivity index (χ4v) is 2.70. The van der Waals surface area contributed by atoms with Crippen LogP contribution in [-0.4, -0.2) is 29.9 Å². The van der Waals surface area contributed by atoms with Crippen molar-refractivity contribution in [2.24, 2.45) is 0 Å². The Morgan fingerprint density at radius 1 is 1.11 bits per heavy atom. The molecule has 3 rings (SSSR count). The summed E-state index contributed by atoms with van der Waals surface area (Å²) in [6, 6.07) is 14.6. The lowest BCUT2D eigenvalue weighted by Crippen LogP contribution is -2.33. The molecular formula is C22H21NO4. The van der Waals surface area contributed by atoms with Crippen LogP contribution in [-0.2, 0) is 0 Å². The summed E-state index contributed by atoms with van der Waals surface area (Å²) >= 11 is 0. The molecule has 2 aromatic carbocycles. The van der Waals surface area contributed by atoms with Crippen LogP contribution in [0.3, 0.4) is 0 Å². The average molecular weight is 363 g/mol. The van der Waals surface area contributed by atoms with Crippen LogP contribution in [0.2, 0.25) is 0 Å². The predicted molar refractivity (Wildman–Crippen MR) is 104 cm³/mol. The standard InChI is InChI=1S/C22H21NO4/c1-3-23(4-2)22(25)26-17-13-14-18-20(15-17)27-19(21(18)24)12-8-11-16-9-6-5-7-10-16/h5-15H,3-4H2,1-2H3/b11-8+,19-12+. The largest absolute Gasteiger partial charge is 0.452 e. The van der Waals surface area contributed by atoms with E-state index in [4.69, 9.17) is 9.47 Å². The summed E-state index contributed by atoms with van der Waals surface area (Å²) in [5.74, 6) is 0.789. The predicted octanol–water partition coefficient (Wildman–Crippen LogP) is 4.70. The molecule has 0 saturated heterocycles. The van der Waals surface area contributed by atoms with Gasteiger partial charge < -0.3 is 14.4 Å². The number of Topliss-reactive ketones (excluding diaryl/α,β-unsaturated/α-hetero) is 1. The minimum Gasteiger partial charge on any atom is -0.452 e. The van der Waals surface area contributed by atoms with E-state index >= 15 is 0 Å². The molecule has 5 heteroatoms. The lowest BCUT2D eigenvalue weighted by atomic mass is 10.1. The molecule has 1 amide bonds. The Hall–Kier alpha value is -3.34. The molecule has 27 heavy (non-hydrogen) atoms. The van der Waals surface area contributed by atoms with Crippen LogP contribution in [0, 0.1) is 0 Å². The number of ketones is 1. The Morgan fingerprint density at radius 2 is 1.85 bits per heavy atom. The topological polar surface area (TPSA) is 55.8 Å². The monoisotopic (exact) mass is 363 g/mol. The van der Waals surface area contributed by atoms with Gasteiger partial charge in [-0.2, -0.15) is 0 Å². The van der Waals surface area contributed by atoms with Gasteiger partial charge in [0.2, 0.25) is 5.78 Å². The maximum Gasteiger partial charge on any atom is 0.415 e. The van der Waals surface area contributed by atoms with E-state index in [9.17, 15) is 9.59 Å². The molecule has 2 aromatic rings. The summed E-state index contributed by atoms with van der Waals surface area (Å²) in [4.78, 5) is 26.1. The van der Waals surface area contributed by atoms with Crippen molar-refractivity contribution in [3.8, 4) is 11.5 Å². The van der Waals surface area contributed by atoms with E-state index in [-0.39, 0.29) is 11.5 Å². The molecule has 0 saturated carbocycles. The van der Waals surface area contributed by atoms with Crippen molar-refractivity contribution in [1.29, 1.82) is 0 Å². The molecule has 1 heterocycles. The van der Waals surface area contributed by atoms with Crippen molar-refractivity contribution >= 4 is 18.0 Å². The van der Waals surface area contributed by atoms with Gasteiger partial charge in [-0.05, 0) is 37.6 Å². The molecule has 0 bridgehead atoms. The first kappa shape index (κ1) is 18.5. The number of amides is 1. The molecule has 0 spiro atoms. The molecule has 138 valence electrons.